The van der Waals surface area contributed by atoms with Gasteiger partial charge in [-0.2, -0.15) is 0 Å². The van der Waals surface area contributed by atoms with Crippen LogP contribution < -0.4 is 11.1 Å². The molecule has 1 heterocycles. The van der Waals surface area contributed by atoms with Crippen molar-refractivity contribution in [2.45, 2.75) is 26.7 Å². The van der Waals surface area contributed by atoms with Crippen LogP contribution in [0.2, 0.25) is 0 Å². The number of aromatic nitrogens is 2. The molecule has 1 unspecified atom stereocenters. The molecule has 1 rings (SSSR count). The van der Waals surface area contributed by atoms with Crippen LogP contribution >= 0.6 is 11.3 Å². The zero-order valence-electron chi connectivity index (χ0n) is 8.99. The van der Waals surface area contributed by atoms with Crippen LogP contribution in [0.4, 0.5) is 5.13 Å². The molecule has 0 spiro atoms. The van der Waals surface area contributed by atoms with E-state index in [1.165, 1.54) is 11.3 Å². The van der Waals surface area contributed by atoms with E-state index in [4.69, 9.17) is 5.73 Å². The zero-order valence-corrected chi connectivity index (χ0v) is 9.80. The minimum atomic E-state index is -0.0493. The normalized spacial score (nSPS) is 12.5. The number of nitrogens with zero attached hydrogens (tertiary/aromatic N) is 2. The Balaban J connectivity index is 2.44. The van der Waals surface area contributed by atoms with Crippen molar-refractivity contribution in [3.63, 3.8) is 0 Å². The van der Waals surface area contributed by atoms with Gasteiger partial charge in [-0.25, -0.2) is 0 Å². The minimum absolute atomic E-state index is 0.0493. The first-order valence-electron chi connectivity index (χ1n) is 4.98. The van der Waals surface area contributed by atoms with Gasteiger partial charge in [0.1, 0.15) is 5.01 Å². The highest BCUT2D eigenvalue weighted by atomic mass is 32.1. The molecule has 0 fully saturated rings. The molecule has 0 saturated heterocycles. The number of hydrogen-bond acceptors (Lipinski definition) is 5. The molecule has 6 heteroatoms. The number of carbonyl (C=O) groups is 1. The number of nitrogens with one attached hydrogen (secondary N) is 1. The van der Waals surface area contributed by atoms with E-state index in [9.17, 15) is 4.79 Å². The molecular formula is C9H16N4OS. The van der Waals surface area contributed by atoms with E-state index in [1.807, 2.05) is 13.8 Å². The van der Waals surface area contributed by atoms with Gasteiger partial charge in [0.15, 0.2) is 0 Å². The topological polar surface area (TPSA) is 80.9 Å². The van der Waals surface area contributed by atoms with E-state index < -0.39 is 0 Å². The summed E-state index contributed by atoms with van der Waals surface area (Å²) in [7, 11) is 0. The fourth-order valence-corrected chi connectivity index (χ4v) is 1.71. The molecule has 0 bridgehead atoms. The maximum Gasteiger partial charge on any atom is 0.226 e. The second-order valence-electron chi connectivity index (χ2n) is 3.45. The van der Waals surface area contributed by atoms with Crippen molar-refractivity contribution in [1.82, 2.24) is 10.2 Å². The molecule has 84 valence electrons. The van der Waals surface area contributed by atoms with Crippen molar-refractivity contribution in [2.75, 3.05) is 11.9 Å². The van der Waals surface area contributed by atoms with Gasteiger partial charge >= 0.3 is 0 Å². The Morgan fingerprint density at radius 1 is 1.60 bits per heavy atom. The lowest BCUT2D eigenvalue weighted by Crippen LogP contribution is -2.19. The molecule has 0 aromatic carbocycles. The van der Waals surface area contributed by atoms with Gasteiger partial charge in [0.05, 0.1) is 0 Å². The lowest BCUT2D eigenvalue weighted by molar-refractivity contribution is -0.116. The highest BCUT2D eigenvalue weighted by Crippen LogP contribution is 2.15. The first-order chi connectivity index (χ1) is 7.15. The zero-order chi connectivity index (χ0) is 11.3. The molecule has 0 aliphatic carbocycles. The molecule has 0 aliphatic heterocycles. The molecular weight excluding hydrogens is 212 g/mol. The van der Waals surface area contributed by atoms with Crippen LogP contribution in [0, 0.1) is 5.92 Å². The number of amides is 1. The maximum absolute atomic E-state index is 11.5. The lowest BCUT2D eigenvalue weighted by Gasteiger charge is -2.06. The van der Waals surface area contributed by atoms with Crippen LogP contribution in [0.3, 0.4) is 0 Å². The SMILES string of the molecule is CCc1nnc(NC(=O)CC(C)CN)s1. The second kappa shape index (κ2) is 5.77. The Kier molecular flexibility index (Phi) is 4.64. The van der Waals surface area contributed by atoms with Crippen molar-refractivity contribution in [3.8, 4) is 0 Å². The Labute approximate surface area is 93.1 Å². The van der Waals surface area contributed by atoms with Gasteiger partial charge in [0.25, 0.3) is 0 Å². The van der Waals surface area contributed by atoms with E-state index >= 15 is 0 Å². The predicted octanol–water partition coefficient (Wildman–Crippen LogP) is 1.02. The van der Waals surface area contributed by atoms with Crippen LogP contribution in [-0.4, -0.2) is 22.6 Å². The largest absolute Gasteiger partial charge is 0.330 e. The third kappa shape index (κ3) is 3.93. The predicted molar refractivity (Wildman–Crippen MR) is 60.8 cm³/mol. The van der Waals surface area contributed by atoms with E-state index in [1.54, 1.807) is 0 Å². The standard InChI is InChI=1S/C9H16N4OS/c1-3-8-12-13-9(15-8)11-7(14)4-6(2)5-10/h6H,3-5,10H2,1-2H3,(H,11,13,14). The lowest BCUT2D eigenvalue weighted by atomic mass is 10.1. The summed E-state index contributed by atoms with van der Waals surface area (Å²) in [5.74, 6) is 0.148. The van der Waals surface area contributed by atoms with Crippen LogP contribution in [0.1, 0.15) is 25.3 Å². The minimum Gasteiger partial charge on any atom is -0.330 e. The summed E-state index contributed by atoms with van der Waals surface area (Å²) in [6.07, 6.45) is 1.27. The number of anilines is 1. The summed E-state index contributed by atoms with van der Waals surface area (Å²) in [5.41, 5.74) is 5.43. The van der Waals surface area contributed by atoms with Crippen LogP contribution in [0.25, 0.3) is 0 Å². The van der Waals surface area contributed by atoms with E-state index in [2.05, 4.69) is 15.5 Å². The first-order valence-corrected chi connectivity index (χ1v) is 5.79. The van der Waals surface area contributed by atoms with Crippen molar-refractivity contribution in [3.05, 3.63) is 5.01 Å². The van der Waals surface area contributed by atoms with Crippen LogP contribution in [0.5, 0.6) is 0 Å². The summed E-state index contributed by atoms with van der Waals surface area (Å²) >= 11 is 1.41. The van der Waals surface area contributed by atoms with Crippen LogP contribution in [0.15, 0.2) is 0 Å². The third-order valence-corrected chi connectivity index (χ3v) is 2.93. The molecule has 0 saturated carbocycles. The number of nitrogens with two attached hydrogens (primary N) is 1. The molecule has 1 atom stereocenters. The van der Waals surface area contributed by atoms with Crippen molar-refractivity contribution in [2.24, 2.45) is 11.7 Å². The fraction of sp³-hybridized carbons (Fsp3) is 0.667. The molecule has 3 N–H and O–H groups in total. The molecule has 0 aliphatic rings. The fourth-order valence-electron chi connectivity index (χ4n) is 1.02. The summed E-state index contributed by atoms with van der Waals surface area (Å²) in [4.78, 5) is 11.5. The smallest absolute Gasteiger partial charge is 0.226 e. The van der Waals surface area contributed by atoms with Crippen molar-refractivity contribution >= 4 is 22.4 Å². The molecule has 1 amide bonds. The average Bonchev–Trinajstić information content (AvgIpc) is 2.65. The van der Waals surface area contributed by atoms with Gasteiger partial charge in [-0.1, -0.05) is 25.2 Å². The quantitative estimate of drug-likeness (QED) is 0.788. The van der Waals surface area contributed by atoms with E-state index in [0.29, 0.717) is 18.1 Å². The van der Waals surface area contributed by atoms with Crippen molar-refractivity contribution < 1.29 is 4.79 Å². The Morgan fingerprint density at radius 3 is 2.87 bits per heavy atom. The third-order valence-electron chi connectivity index (χ3n) is 1.95. The molecule has 1 aromatic heterocycles. The summed E-state index contributed by atoms with van der Waals surface area (Å²) < 4.78 is 0. The average molecular weight is 228 g/mol. The highest BCUT2D eigenvalue weighted by Gasteiger charge is 2.10. The van der Waals surface area contributed by atoms with Gasteiger partial charge in [-0.05, 0) is 18.9 Å². The Bertz CT molecular complexity index is 326. The number of aryl methyl sites for hydroxylation is 1. The second-order valence-corrected chi connectivity index (χ2v) is 4.51. The number of carbonyl (C=O) groups excluding carboxylic acids is 1. The monoisotopic (exact) mass is 228 g/mol. The number of hydrogen-bond donors (Lipinski definition) is 2. The summed E-state index contributed by atoms with van der Waals surface area (Å²) in [6.45, 7) is 4.46. The highest BCUT2D eigenvalue weighted by molar-refractivity contribution is 7.15. The Morgan fingerprint density at radius 2 is 2.33 bits per heavy atom. The van der Waals surface area contributed by atoms with Gasteiger partial charge < -0.3 is 11.1 Å². The van der Waals surface area contributed by atoms with E-state index in [0.717, 1.165) is 11.4 Å². The molecule has 5 nitrogen and oxygen atoms in total. The van der Waals surface area contributed by atoms with Gasteiger partial charge in [0.2, 0.25) is 11.0 Å². The van der Waals surface area contributed by atoms with Crippen LogP contribution in [-0.2, 0) is 11.2 Å². The van der Waals surface area contributed by atoms with E-state index in [-0.39, 0.29) is 11.8 Å². The van der Waals surface area contributed by atoms with Gasteiger partial charge in [0, 0.05) is 6.42 Å². The first kappa shape index (κ1) is 12.1. The van der Waals surface area contributed by atoms with Gasteiger partial charge in [-0.3, -0.25) is 4.79 Å². The number of rotatable bonds is 5. The van der Waals surface area contributed by atoms with Gasteiger partial charge in [-0.15, -0.1) is 10.2 Å². The molecule has 0 radical (unpaired) electrons. The maximum atomic E-state index is 11.5. The summed E-state index contributed by atoms with van der Waals surface area (Å²) in [5, 5.41) is 12.0. The Hall–Kier alpha value is -1.01. The molecule has 1 aromatic rings. The van der Waals surface area contributed by atoms with Crippen molar-refractivity contribution in [1.29, 1.82) is 0 Å². The molecule has 15 heavy (non-hydrogen) atoms. The summed E-state index contributed by atoms with van der Waals surface area (Å²) in [6, 6.07) is 0.